The van der Waals surface area contributed by atoms with Crippen molar-refractivity contribution in [3.8, 4) is 0 Å². The van der Waals surface area contributed by atoms with Gasteiger partial charge in [-0.25, -0.2) is 0 Å². The number of hydrogen-bond donors (Lipinski definition) is 0. The second-order valence-corrected chi connectivity index (χ2v) is 10.5. The van der Waals surface area contributed by atoms with Crippen LogP contribution in [0, 0.1) is 0 Å². The van der Waals surface area contributed by atoms with Crippen LogP contribution >= 0.6 is 0 Å². The summed E-state index contributed by atoms with van der Waals surface area (Å²) < 4.78 is 2.19. The van der Waals surface area contributed by atoms with Crippen LogP contribution in [0.4, 0.5) is 15.3 Å². The average Bonchev–Trinajstić information content (AvgIpc) is 3.36. The molecule has 0 spiro atoms. The number of anilines is 3. The van der Waals surface area contributed by atoms with Crippen molar-refractivity contribution in [2.45, 2.75) is 6.42 Å². The zero-order chi connectivity index (χ0) is 20.9. The van der Waals surface area contributed by atoms with Gasteiger partial charge in [-0.1, -0.05) is 0 Å². The molecule has 0 amide bonds. The van der Waals surface area contributed by atoms with E-state index in [9.17, 15) is 9.59 Å². The normalized spacial score (nSPS) is 14.3. The van der Waals surface area contributed by atoms with E-state index in [0.29, 0.717) is 11.1 Å². The molecule has 2 aliphatic rings. The quantitative estimate of drug-likeness (QED) is 0.198. The molecule has 4 aromatic rings. The summed E-state index contributed by atoms with van der Waals surface area (Å²) in [5.41, 5.74) is 3.60. The Morgan fingerprint density at radius 3 is 2.00 bits per heavy atom. The zero-order valence-corrected chi connectivity index (χ0v) is 18.6. The Labute approximate surface area is 188 Å². The molecule has 6 heteroatoms. The molecule has 0 radical (unpaired) electrons. The molecule has 1 aliphatic carbocycles. The number of hydrogen-bond acceptors (Lipinski definition) is 5. The Bertz CT molecular complexity index is 1340. The molecular formula is C25H15N3O2Te. The molecule has 0 N–H and O–H groups in total. The third kappa shape index (κ3) is 2.91. The predicted molar refractivity (Wildman–Crippen MR) is 120 cm³/mol. The van der Waals surface area contributed by atoms with Crippen molar-refractivity contribution in [2.75, 3.05) is 4.90 Å². The van der Waals surface area contributed by atoms with Gasteiger partial charge in [0.2, 0.25) is 0 Å². The molecule has 6 rings (SSSR count). The van der Waals surface area contributed by atoms with E-state index in [1.54, 1.807) is 42.7 Å². The topological polar surface area (TPSA) is 63.2 Å². The first-order valence-electron chi connectivity index (χ1n) is 9.88. The Hall–Kier alpha value is -3.33. The average molecular weight is 517 g/mol. The van der Waals surface area contributed by atoms with Crippen molar-refractivity contribution in [2.24, 2.45) is 0 Å². The van der Waals surface area contributed by atoms with Gasteiger partial charge in [-0.15, -0.1) is 0 Å². The van der Waals surface area contributed by atoms with E-state index in [0.717, 1.165) is 25.3 Å². The van der Waals surface area contributed by atoms with Gasteiger partial charge in [-0.3, -0.25) is 0 Å². The van der Waals surface area contributed by atoms with E-state index in [1.807, 2.05) is 18.2 Å². The molecule has 3 aromatic heterocycles. The molecule has 5 nitrogen and oxygen atoms in total. The van der Waals surface area contributed by atoms with E-state index in [-0.39, 0.29) is 17.1 Å². The minimum atomic E-state index is -0.832. The van der Waals surface area contributed by atoms with Crippen LogP contribution in [0.2, 0.25) is 0 Å². The predicted octanol–water partition coefficient (Wildman–Crippen LogP) is 4.37. The van der Waals surface area contributed by atoms with E-state index in [4.69, 9.17) is 0 Å². The first-order chi connectivity index (χ1) is 15.2. The fraction of sp³-hybridized carbons (Fsp3) is 0.0400. The standard InChI is InChI=1S/C25H15N3O2Te/c29-22-18-7-1-2-8-19(18)23(30)20(22)14-17-9-10-21(31-17)28-24-15(5-3-11-26-24)13-16-6-4-12-27-25(16)28/h1-12,14H,13H2. The molecule has 0 atom stereocenters. The van der Waals surface area contributed by atoms with Crippen LogP contribution in [0.15, 0.2) is 78.6 Å². The van der Waals surface area contributed by atoms with Crippen LogP contribution in [0.25, 0.3) is 6.08 Å². The summed E-state index contributed by atoms with van der Waals surface area (Å²) in [7, 11) is 0. The van der Waals surface area contributed by atoms with Gasteiger partial charge in [0.05, 0.1) is 0 Å². The molecule has 0 saturated heterocycles. The van der Waals surface area contributed by atoms with Gasteiger partial charge in [-0.05, 0) is 0 Å². The van der Waals surface area contributed by atoms with Crippen molar-refractivity contribution in [1.29, 1.82) is 0 Å². The fourth-order valence-electron chi connectivity index (χ4n) is 4.14. The van der Waals surface area contributed by atoms with Gasteiger partial charge in [0.1, 0.15) is 0 Å². The fourth-order valence-corrected chi connectivity index (χ4v) is 6.86. The maximum absolute atomic E-state index is 12.8. The summed E-state index contributed by atoms with van der Waals surface area (Å²) in [5.74, 6) is 1.46. The number of fused-ring (bicyclic) bond motifs is 3. The first kappa shape index (κ1) is 18.4. The first-order valence-corrected chi connectivity index (χ1v) is 12.2. The molecule has 1 aliphatic heterocycles. The molecule has 0 saturated carbocycles. The van der Waals surface area contributed by atoms with Gasteiger partial charge >= 0.3 is 189 Å². The third-order valence-corrected chi connectivity index (χ3v) is 8.47. The number of allylic oxidation sites excluding steroid dienone is 1. The monoisotopic (exact) mass is 519 g/mol. The SMILES string of the molecule is O=C1C(=Cc2ccc(N3c4ncccc4Cc4cccnc43)[te]2)C(=O)c2ccccc21. The zero-order valence-electron chi connectivity index (χ0n) is 16.3. The molecular weight excluding hydrogens is 502 g/mol. The van der Waals surface area contributed by atoms with Gasteiger partial charge in [0.15, 0.2) is 0 Å². The molecule has 0 fully saturated rings. The molecule has 31 heavy (non-hydrogen) atoms. The summed E-state index contributed by atoms with van der Waals surface area (Å²) in [6, 6.07) is 19.2. The van der Waals surface area contributed by atoms with Crippen LogP contribution in [0.5, 0.6) is 0 Å². The Kier molecular flexibility index (Phi) is 4.24. The number of aromatic nitrogens is 2. The number of Topliss-reactive ketones (excluding diaryl/α,β-unsaturated/α-hetero) is 2. The van der Waals surface area contributed by atoms with Gasteiger partial charge in [0, 0.05) is 0 Å². The van der Waals surface area contributed by atoms with Crippen LogP contribution < -0.4 is 4.90 Å². The minimum absolute atomic E-state index is 0.181. The van der Waals surface area contributed by atoms with Crippen molar-refractivity contribution in [1.82, 2.24) is 9.97 Å². The molecule has 0 unspecified atom stereocenters. The number of benzene rings is 1. The van der Waals surface area contributed by atoms with E-state index in [1.165, 1.54) is 11.1 Å². The number of rotatable bonds is 2. The number of nitrogens with zero attached hydrogens (tertiary/aromatic N) is 3. The summed E-state index contributed by atoms with van der Waals surface area (Å²) >= 11 is -0.832. The van der Waals surface area contributed by atoms with Crippen molar-refractivity contribution in [3.05, 3.63) is 104 Å². The van der Waals surface area contributed by atoms with E-state index >= 15 is 0 Å². The van der Waals surface area contributed by atoms with Gasteiger partial charge < -0.3 is 0 Å². The van der Waals surface area contributed by atoms with Crippen LogP contribution in [0.3, 0.4) is 0 Å². The molecule has 1 aromatic carbocycles. The molecule has 0 bridgehead atoms. The summed E-state index contributed by atoms with van der Waals surface area (Å²) in [4.78, 5) is 36.9. The summed E-state index contributed by atoms with van der Waals surface area (Å²) in [6.45, 7) is 0. The summed E-state index contributed by atoms with van der Waals surface area (Å²) in [6.07, 6.45) is 6.21. The van der Waals surface area contributed by atoms with Crippen LogP contribution in [-0.2, 0) is 6.42 Å². The van der Waals surface area contributed by atoms with Crippen LogP contribution in [0.1, 0.15) is 35.4 Å². The molecule has 4 heterocycles. The second kappa shape index (κ2) is 7.12. The number of ketones is 2. The van der Waals surface area contributed by atoms with Gasteiger partial charge in [-0.2, -0.15) is 0 Å². The van der Waals surface area contributed by atoms with Crippen molar-refractivity contribution in [3.63, 3.8) is 0 Å². The number of carbonyl (C=O) groups excluding carboxylic acids is 2. The molecule has 148 valence electrons. The van der Waals surface area contributed by atoms with E-state index < -0.39 is 20.4 Å². The Morgan fingerprint density at radius 2 is 1.39 bits per heavy atom. The van der Waals surface area contributed by atoms with Crippen LogP contribution in [-0.4, -0.2) is 42.0 Å². The van der Waals surface area contributed by atoms with Crippen molar-refractivity contribution >= 4 is 53.4 Å². The second-order valence-electron chi connectivity index (χ2n) is 7.42. The number of pyridine rings is 2. The third-order valence-electron chi connectivity index (χ3n) is 5.56. The maximum atomic E-state index is 12.8. The Balaban J connectivity index is 1.43. The Morgan fingerprint density at radius 1 is 0.774 bits per heavy atom. The number of carbonyl (C=O) groups is 2. The van der Waals surface area contributed by atoms with Gasteiger partial charge in [0.25, 0.3) is 0 Å². The van der Waals surface area contributed by atoms with Crippen molar-refractivity contribution < 1.29 is 9.59 Å². The van der Waals surface area contributed by atoms with E-state index in [2.05, 4.69) is 33.1 Å². The summed E-state index contributed by atoms with van der Waals surface area (Å²) in [5, 5.41) is 0.